The average Bonchev–Trinajstić information content (AvgIpc) is 3.18. The Kier molecular flexibility index (Phi) is 4.85. The fraction of sp³-hybridized carbons (Fsp3) is 0.296. The summed E-state index contributed by atoms with van der Waals surface area (Å²) in [6.07, 6.45) is 4.54. The minimum Gasteiger partial charge on any atom is -0.480 e. The van der Waals surface area contributed by atoms with Gasteiger partial charge in [0.25, 0.3) is 0 Å². The number of para-hydroxylation sites is 1. The van der Waals surface area contributed by atoms with Crippen molar-refractivity contribution < 1.29 is 14.7 Å². The van der Waals surface area contributed by atoms with Gasteiger partial charge in [0, 0.05) is 34.7 Å². The molecule has 162 valence electrons. The lowest BCUT2D eigenvalue weighted by atomic mass is 9.68. The highest BCUT2D eigenvalue weighted by Crippen LogP contribution is 2.46. The number of carboxylic acid groups (broad SMARTS) is 1. The number of carbonyl (C=O) groups is 2. The normalized spacial score (nSPS) is 19.7. The zero-order valence-electron chi connectivity index (χ0n) is 18.3. The third-order valence-electron chi connectivity index (χ3n) is 6.73. The van der Waals surface area contributed by atoms with E-state index < -0.39 is 12.0 Å². The van der Waals surface area contributed by atoms with Gasteiger partial charge in [0.05, 0.1) is 0 Å². The van der Waals surface area contributed by atoms with E-state index >= 15 is 0 Å². The Balaban J connectivity index is 1.58. The summed E-state index contributed by atoms with van der Waals surface area (Å²) in [6.45, 7) is 4.46. The maximum atomic E-state index is 13.5. The first-order valence-electron chi connectivity index (χ1n) is 11.1. The number of hydrogen-bond acceptors (Lipinski definition) is 3. The number of aromatic amines is 1. The zero-order chi connectivity index (χ0) is 22.5. The van der Waals surface area contributed by atoms with E-state index in [1.165, 1.54) is 0 Å². The number of benzene rings is 2. The number of nitrogens with zero attached hydrogens (tertiary/aromatic N) is 1. The van der Waals surface area contributed by atoms with Gasteiger partial charge in [-0.15, -0.1) is 0 Å². The molecule has 0 saturated heterocycles. The van der Waals surface area contributed by atoms with Crippen molar-refractivity contribution in [2.24, 2.45) is 10.4 Å². The van der Waals surface area contributed by atoms with Crippen LogP contribution < -0.4 is 0 Å². The van der Waals surface area contributed by atoms with Gasteiger partial charge >= 0.3 is 5.97 Å². The first-order chi connectivity index (χ1) is 15.3. The topological polar surface area (TPSA) is 82.5 Å². The molecule has 0 amide bonds. The van der Waals surface area contributed by atoms with E-state index in [0.717, 1.165) is 51.6 Å². The number of carboxylic acids is 1. The van der Waals surface area contributed by atoms with E-state index in [9.17, 15) is 14.7 Å². The average molecular weight is 427 g/mol. The lowest BCUT2D eigenvalue weighted by Gasteiger charge is -2.36. The molecule has 32 heavy (non-hydrogen) atoms. The Morgan fingerprint density at radius 2 is 1.81 bits per heavy atom. The van der Waals surface area contributed by atoms with Crippen molar-refractivity contribution in [2.45, 2.75) is 45.6 Å². The third kappa shape index (κ3) is 3.48. The van der Waals surface area contributed by atoms with E-state index in [0.29, 0.717) is 6.42 Å². The van der Waals surface area contributed by atoms with Crippen LogP contribution in [-0.4, -0.2) is 33.6 Å². The molecule has 2 N–H and O–H groups in total. The second-order valence-electron chi connectivity index (χ2n) is 9.57. The molecular formula is C27H26N2O3. The van der Waals surface area contributed by atoms with Crippen LogP contribution in [0, 0.1) is 5.41 Å². The van der Waals surface area contributed by atoms with E-state index in [1.54, 1.807) is 0 Å². The second kappa shape index (κ2) is 7.59. The number of allylic oxidation sites excluding steroid dienone is 2. The minimum atomic E-state index is -1.04. The third-order valence-corrected chi connectivity index (χ3v) is 6.73. The molecule has 5 rings (SSSR count). The van der Waals surface area contributed by atoms with Gasteiger partial charge in [-0.2, -0.15) is 0 Å². The van der Waals surface area contributed by atoms with Crippen molar-refractivity contribution in [1.82, 2.24) is 4.98 Å². The summed E-state index contributed by atoms with van der Waals surface area (Å²) in [7, 11) is 0. The molecule has 3 aromatic rings. The molecule has 0 radical (unpaired) electrons. The van der Waals surface area contributed by atoms with E-state index in [-0.39, 0.29) is 23.3 Å². The number of nitrogens with one attached hydrogen (secondary N) is 1. The maximum Gasteiger partial charge on any atom is 0.328 e. The molecule has 1 atom stereocenters. The van der Waals surface area contributed by atoms with Gasteiger partial charge in [-0.1, -0.05) is 56.3 Å². The molecule has 0 aliphatic heterocycles. The summed E-state index contributed by atoms with van der Waals surface area (Å²) in [4.78, 5) is 33.5. The quantitative estimate of drug-likeness (QED) is 0.602. The molecule has 1 heterocycles. The van der Waals surface area contributed by atoms with Crippen LogP contribution in [0.5, 0.6) is 0 Å². The van der Waals surface area contributed by atoms with Crippen LogP contribution in [-0.2, 0) is 16.0 Å². The number of hydrogen-bond donors (Lipinski definition) is 2. The second-order valence-corrected chi connectivity index (χ2v) is 9.57. The van der Waals surface area contributed by atoms with E-state index in [4.69, 9.17) is 0 Å². The predicted octanol–water partition coefficient (Wildman–Crippen LogP) is 5.20. The van der Waals surface area contributed by atoms with Gasteiger partial charge in [-0.25, -0.2) is 4.79 Å². The van der Waals surface area contributed by atoms with Gasteiger partial charge in [0.15, 0.2) is 6.04 Å². The number of aromatic nitrogens is 1. The highest BCUT2D eigenvalue weighted by atomic mass is 16.4. The molecule has 2 aliphatic rings. The highest BCUT2D eigenvalue weighted by molar-refractivity contribution is 6.54. The molecule has 5 heteroatoms. The van der Waals surface area contributed by atoms with Crippen LogP contribution in [0.3, 0.4) is 0 Å². The van der Waals surface area contributed by atoms with Gasteiger partial charge < -0.3 is 10.1 Å². The molecule has 1 aromatic heterocycles. The first kappa shape index (κ1) is 20.4. The van der Waals surface area contributed by atoms with Gasteiger partial charge in [0.1, 0.15) is 5.71 Å². The lowest BCUT2D eigenvalue weighted by Crippen LogP contribution is -2.32. The number of rotatable bonds is 4. The Labute approximate surface area is 186 Å². The van der Waals surface area contributed by atoms with Crippen molar-refractivity contribution in [3.05, 3.63) is 77.0 Å². The number of carbonyl (C=O) groups excluding carboxylic acids is 1. The van der Waals surface area contributed by atoms with Crippen molar-refractivity contribution in [3.63, 3.8) is 0 Å². The Morgan fingerprint density at radius 3 is 2.59 bits per heavy atom. The molecule has 0 unspecified atom stereocenters. The smallest absolute Gasteiger partial charge is 0.328 e. The number of ketones is 1. The van der Waals surface area contributed by atoms with Crippen molar-refractivity contribution >= 4 is 33.9 Å². The molecule has 0 saturated carbocycles. The fourth-order valence-electron chi connectivity index (χ4n) is 5.00. The number of fused-ring (bicyclic) bond motifs is 3. The van der Waals surface area contributed by atoms with Crippen molar-refractivity contribution in [1.29, 1.82) is 0 Å². The SMILES string of the molecule is CC1(C)CCC2=C(C1)c1ccccc1C(=N[C@@H](Cc1c[nH]c3ccccc13)C(=O)O)C2=O. The Hall–Kier alpha value is -3.47. The summed E-state index contributed by atoms with van der Waals surface area (Å²) >= 11 is 0. The number of H-pyrrole nitrogens is 1. The molecule has 2 aliphatic carbocycles. The van der Waals surface area contributed by atoms with Crippen LogP contribution >= 0.6 is 0 Å². The van der Waals surface area contributed by atoms with E-state index in [1.807, 2.05) is 54.7 Å². The fourth-order valence-corrected chi connectivity index (χ4v) is 5.00. The molecule has 0 spiro atoms. The molecular weight excluding hydrogens is 400 g/mol. The Bertz CT molecular complexity index is 1310. The summed E-state index contributed by atoms with van der Waals surface area (Å²) in [5.41, 5.74) is 5.93. The van der Waals surface area contributed by atoms with Crippen molar-refractivity contribution in [2.75, 3.05) is 0 Å². The summed E-state index contributed by atoms with van der Waals surface area (Å²) in [5, 5.41) is 10.9. The van der Waals surface area contributed by atoms with Crippen LogP contribution in [0.25, 0.3) is 16.5 Å². The van der Waals surface area contributed by atoms with Crippen LogP contribution in [0.4, 0.5) is 0 Å². The summed E-state index contributed by atoms with van der Waals surface area (Å²) < 4.78 is 0. The monoisotopic (exact) mass is 426 g/mol. The summed E-state index contributed by atoms with van der Waals surface area (Å²) in [6, 6.07) is 14.5. The molecule has 2 aromatic carbocycles. The molecule has 5 nitrogen and oxygen atoms in total. The van der Waals surface area contributed by atoms with Gasteiger partial charge in [-0.3, -0.25) is 9.79 Å². The summed E-state index contributed by atoms with van der Waals surface area (Å²) in [5.74, 6) is -1.14. The van der Waals surface area contributed by atoms with Gasteiger partial charge in [-0.05, 0) is 47.4 Å². The Morgan fingerprint density at radius 1 is 1.09 bits per heavy atom. The van der Waals surface area contributed by atoms with Crippen LogP contribution in [0.1, 0.15) is 49.8 Å². The molecule has 0 bridgehead atoms. The number of aliphatic imine (C=N–C) groups is 1. The standard InChI is InChI=1S/C27H26N2O3/c1-27(2)12-11-20-21(14-27)18-8-3-4-9-19(18)24(25(20)30)29-23(26(31)32)13-16-15-28-22-10-6-5-7-17(16)22/h3-10,15,23,28H,11-14H2,1-2H3,(H,31,32)/t23-/m0/s1. The predicted molar refractivity (Wildman–Crippen MR) is 126 cm³/mol. The maximum absolute atomic E-state index is 13.5. The largest absolute Gasteiger partial charge is 0.480 e. The minimum absolute atomic E-state index is 0.112. The van der Waals surface area contributed by atoms with Crippen molar-refractivity contribution in [3.8, 4) is 0 Å². The van der Waals surface area contributed by atoms with Gasteiger partial charge in [0.2, 0.25) is 5.78 Å². The molecule has 0 fully saturated rings. The number of Topliss-reactive ketones (excluding diaryl/α,β-unsaturated/α-hetero) is 1. The lowest BCUT2D eigenvalue weighted by molar-refractivity contribution is -0.138. The first-order valence-corrected chi connectivity index (χ1v) is 11.1. The zero-order valence-corrected chi connectivity index (χ0v) is 18.3. The van der Waals surface area contributed by atoms with E-state index in [2.05, 4.69) is 23.8 Å². The number of aliphatic carboxylic acids is 1. The van der Waals surface area contributed by atoms with Crippen LogP contribution in [0.15, 0.2) is 65.3 Å². The van der Waals surface area contributed by atoms with Crippen LogP contribution in [0.2, 0.25) is 0 Å². The highest BCUT2D eigenvalue weighted by Gasteiger charge is 2.37.